The zero-order chi connectivity index (χ0) is 19.2. The fraction of sp³-hybridized carbons (Fsp3) is 0.520. The molecule has 2 N–H and O–H groups in total. The lowest BCUT2D eigenvalue weighted by Crippen LogP contribution is -2.17. The van der Waals surface area contributed by atoms with Crippen molar-refractivity contribution < 1.29 is 4.74 Å². The molecule has 0 spiro atoms. The predicted octanol–water partition coefficient (Wildman–Crippen LogP) is 5.58. The van der Waals surface area contributed by atoms with Gasteiger partial charge in [-0.1, -0.05) is 49.2 Å². The van der Waals surface area contributed by atoms with Crippen LogP contribution in [-0.2, 0) is 19.3 Å². The Balaban J connectivity index is 1.64. The second-order valence-corrected chi connectivity index (χ2v) is 8.21. The summed E-state index contributed by atoms with van der Waals surface area (Å²) < 4.78 is 5.55. The third-order valence-electron chi connectivity index (χ3n) is 6.21. The molecule has 2 nitrogen and oxygen atoms in total. The Morgan fingerprint density at radius 2 is 2.00 bits per heavy atom. The first-order chi connectivity index (χ1) is 13.1. The quantitative estimate of drug-likeness (QED) is 0.662. The maximum Gasteiger partial charge on any atom is 0.122 e. The van der Waals surface area contributed by atoms with Crippen molar-refractivity contribution >= 4 is 0 Å². The number of hydrogen-bond donors (Lipinski definition) is 1. The summed E-state index contributed by atoms with van der Waals surface area (Å²) >= 11 is 0. The predicted molar refractivity (Wildman–Crippen MR) is 115 cm³/mol. The normalized spacial score (nSPS) is 17.4. The molecule has 0 saturated heterocycles. The van der Waals surface area contributed by atoms with E-state index in [-0.39, 0.29) is 0 Å². The summed E-state index contributed by atoms with van der Waals surface area (Å²) in [5, 5.41) is 0. The van der Waals surface area contributed by atoms with Crippen LogP contribution in [0.2, 0.25) is 0 Å². The van der Waals surface area contributed by atoms with Gasteiger partial charge in [0.25, 0.3) is 0 Å². The van der Waals surface area contributed by atoms with Crippen LogP contribution in [0.4, 0.5) is 0 Å². The second-order valence-electron chi connectivity index (χ2n) is 8.21. The van der Waals surface area contributed by atoms with E-state index in [1.807, 2.05) is 0 Å². The molecule has 2 aromatic carbocycles. The van der Waals surface area contributed by atoms with Gasteiger partial charge < -0.3 is 10.5 Å². The van der Waals surface area contributed by atoms with Crippen LogP contribution in [0.1, 0.15) is 66.3 Å². The van der Waals surface area contributed by atoms with Gasteiger partial charge in [-0.25, -0.2) is 0 Å². The molecular formula is C25H35NO. The molecule has 0 aliphatic heterocycles. The fourth-order valence-corrected chi connectivity index (χ4v) is 4.58. The summed E-state index contributed by atoms with van der Waals surface area (Å²) in [7, 11) is 1.77. The standard InChI is InChI=1S/C25H35NO/c1-4-5-24(17-26)22-12-11-20-15-19(7-9-21(20)16-22)8-10-23-14-18(2)6-13-25(23)27-3/h6,11-14,16,19,24H,4-5,7-10,15,17,26H2,1-3H3. The molecule has 0 saturated carbocycles. The number of ether oxygens (including phenoxy) is 1. The number of hydrogen-bond acceptors (Lipinski definition) is 2. The SMILES string of the molecule is CCCC(CN)c1ccc2c(c1)CCC(CCc1cc(C)ccc1OC)C2. The highest BCUT2D eigenvalue weighted by molar-refractivity contribution is 5.38. The van der Waals surface area contributed by atoms with Crippen molar-refractivity contribution in [3.8, 4) is 5.75 Å². The van der Waals surface area contributed by atoms with Crippen molar-refractivity contribution in [3.05, 3.63) is 64.2 Å². The summed E-state index contributed by atoms with van der Waals surface area (Å²) in [6.07, 6.45) is 8.45. The minimum absolute atomic E-state index is 0.520. The molecule has 2 atom stereocenters. The molecule has 2 unspecified atom stereocenters. The molecular weight excluding hydrogens is 330 g/mol. The van der Waals surface area contributed by atoms with Gasteiger partial charge in [0.05, 0.1) is 7.11 Å². The molecule has 0 radical (unpaired) electrons. The van der Waals surface area contributed by atoms with Gasteiger partial charge in [-0.15, -0.1) is 0 Å². The van der Waals surface area contributed by atoms with Gasteiger partial charge in [-0.2, -0.15) is 0 Å². The van der Waals surface area contributed by atoms with E-state index in [9.17, 15) is 0 Å². The number of nitrogens with two attached hydrogens (primary N) is 1. The second kappa shape index (κ2) is 9.41. The number of benzene rings is 2. The van der Waals surface area contributed by atoms with E-state index in [0.29, 0.717) is 5.92 Å². The first-order valence-corrected chi connectivity index (χ1v) is 10.6. The Morgan fingerprint density at radius 1 is 1.15 bits per heavy atom. The highest BCUT2D eigenvalue weighted by Gasteiger charge is 2.20. The molecule has 0 bridgehead atoms. The lowest BCUT2D eigenvalue weighted by atomic mass is 9.79. The van der Waals surface area contributed by atoms with E-state index in [4.69, 9.17) is 10.5 Å². The third-order valence-corrected chi connectivity index (χ3v) is 6.21. The van der Waals surface area contributed by atoms with Crippen LogP contribution in [0, 0.1) is 12.8 Å². The van der Waals surface area contributed by atoms with Gasteiger partial charge in [0, 0.05) is 0 Å². The molecule has 2 heteroatoms. The molecule has 146 valence electrons. The smallest absolute Gasteiger partial charge is 0.122 e. The summed E-state index contributed by atoms with van der Waals surface area (Å²) in [5.74, 6) is 2.33. The van der Waals surface area contributed by atoms with Crippen LogP contribution in [0.5, 0.6) is 5.75 Å². The van der Waals surface area contributed by atoms with Crippen molar-refractivity contribution in [2.24, 2.45) is 11.7 Å². The number of fused-ring (bicyclic) bond motifs is 1. The maximum absolute atomic E-state index is 6.01. The highest BCUT2D eigenvalue weighted by Crippen LogP contribution is 2.32. The van der Waals surface area contributed by atoms with E-state index >= 15 is 0 Å². The van der Waals surface area contributed by atoms with E-state index in [2.05, 4.69) is 50.2 Å². The summed E-state index contributed by atoms with van der Waals surface area (Å²) in [5.41, 5.74) is 13.2. The van der Waals surface area contributed by atoms with E-state index < -0.39 is 0 Å². The van der Waals surface area contributed by atoms with E-state index in [1.165, 1.54) is 55.2 Å². The summed E-state index contributed by atoms with van der Waals surface area (Å²) in [4.78, 5) is 0. The van der Waals surface area contributed by atoms with Crippen molar-refractivity contribution in [3.63, 3.8) is 0 Å². The van der Waals surface area contributed by atoms with Crippen LogP contribution in [0.25, 0.3) is 0 Å². The van der Waals surface area contributed by atoms with Crippen molar-refractivity contribution in [2.45, 2.75) is 64.7 Å². The molecule has 0 fully saturated rings. The van der Waals surface area contributed by atoms with Gasteiger partial charge in [0.15, 0.2) is 0 Å². The van der Waals surface area contributed by atoms with Gasteiger partial charge >= 0.3 is 0 Å². The molecule has 3 rings (SSSR count). The molecule has 1 aliphatic carbocycles. The Labute approximate surface area is 165 Å². The molecule has 0 amide bonds. The van der Waals surface area contributed by atoms with Gasteiger partial charge in [-0.05, 0) is 92.1 Å². The van der Waals surface area contributed by atoms with Gasteiger partial charge in [0.2, 0.25) is 0 Å². The van der Waals surface area contributed by atoms with Crippen LogP contribution in [0.3, 0.4) is 0 Å². The zero-order valence-corrected chi connectivity index (χ0v) is 17.3. The number of aryl methyl sites for hydroxylation is 3. The minimum atomic E-state index is 0.520. The maximum atomic E-state index is 6.01. The van der Waals surface area contributed by atoms with Crippen molar-refractivity contribution in [2.75, 3.05) is 13.7 Å². The molecule has 1 aliphatic rings. The van der Waals surface area contributed by atoms with Gasteiger partial charge in [-0.3, -0.25) is 0 Å². The van der Waals surface area contributed by atoms with Crippen LogP contribution in [0.15, 0.2) is 36.4 Å². The minimum Gasteiger partial charge on any atom is -0.496 e. The van der Waals surface area contributed by atoms with Crippen LogP contribution in [-0.4, -0.2) is 13.7 Å². The monoisotopic (exact) mass is 365 g/mol. The summed E-state index contributed by atoms with van der Waals surface area (Å²) in [6, 6.07) is 13.7. The van der Waals surface area contributed by atoms with Crippen LogP contribution < -0.4 is 10.5 Å². The van der Waals surface area contributed by atoms with Crippen molar-refractivity contribution in [1.82, 2.24) is 0 Å². The average molecular weight is 366 g/mol. The first-order valence-electron chi connectivity index (χ1n) is 10.6. The number of rotatable bonds is 8. The fourth-order valence-electron chi connectivity index (χ4n) is 4.58. The lowest BCUT2D eigenvalue weighted by Gasteiger charge is -2.26. The number of methoxy groups -OCH3 is 1. The molecule has 2 aromatic rings. The molecule has 27 heavy (non-hydrogen) atoms. The topological polar surface area (TPSA) is 35.2 Å². The molecule has 0 aromatic heterocycles. The Bertz CT molecular complexity index is 752. The molecule has 0 heterocycles. The van der Waals surface area contributed by atoms with E-state index in [1.54, 1.807) is 18.2 Å². The van der Waals surface area contributed by atoms with E-state index in [0.717, 1.165) is 24.6 Å². The summed E-state index contributed by atoms with van der Waals surface area (Å²) in [6.45, 7) is 5.16. The van der Waals surface area contributed by atoms with Crippen LogP contribution >= 0.6 is 0 Å². The Morgan fingerprint density at radius 3 is 2.74 bits per heavy atom. The third kappa shape index (κ3) is 4.93. The lowest BCUT2D eigenvalue weighted by molar-refractivity contribution is 0.398. The Hall–Kier alpha value is -1.80. The Kier molecular flexibility index (Phi) is 6.95. The first kappa shape index (κ1) is 19.9. The largest absolute Gasteiger partial charge is 0.496 e. The highest BCUT2D eigenvalue weighted by atomic mass is 16.5. The zero-order valence-electron chi connectivity index (χ0n) is 17.3. The van der Waals surface area contributed by atoms with Crippen molar-refractivity contribution in [1.29, 1.82) is 0 Å². The average Bonchev–Trinajstić information content (AvgIpc) is 2.70. The van der Waals surface area contributed by atoms with Gasteiger partial charge in [0.1, 0.15) is 5.75 Å².